The standard InChI is InChI=1S/C10H9ClN4O2/c1-6(16)13-14-10-12-9(15-17-10)7-2-4-8(11)5-3-7/h2-5H,1H3,(H,13,16)(H,12,14,15). The summed E-state index contributed by atoms with van der Waals surface area (Å²) in [6.45, 7) is 1.36. The number of benzene rings is 1. The Morgan fingerprint density at radius 1 is 1.35 bits per heavy atom. The van der Waals surface area contributed by atoms with E-state index in [1.165, 1.54) is 6.92 Å². The van der Waals surface area contributed by atoms with Crippen LogP contribution in [0.25, 0.3) is 11.4 Å². The van der Waals surface area contributed by atoms with Crippen LogP contribution in [0.4, 0.5) is 6.01 Å². The van der Waals surface area contributed by atoms with Crippen LogP contribution in [0.3, 0.4) is 0 Å². The van der Waals surface area contributed by atoms with Crippen molar-refractivity contribution in [2.45, 2.75) is 6.92 Å². The summed E-state index contributed by atoms with van der Waals surface area (Å²) in [6, 6.07) is 7.12. The molecule has 2 rings (SSSR count). The predicted molar refractivity (Wildman–Crippen MR) is 62.2 cm³/mol. The van der Waals surface area contributed by atoms with Gasteiger partial charge in [-0.1, -0.05) is 16.8 Å². The summed E-state index contributed by atoms with van der Waals surface area (Å²) in [4.78, 5) is 14.7. The number of hydrogen-bond donors (Lipinski definition) is 2. The Labute approximate surface area is 102 Å². The van der Waals surface area contributed by atoms with Gasteiger partial charge in [0.1, 0.15) is 0 Å². The van der Waals surface area contributed by atoms with Gasteiger partial charge in [-0.15, -0.1) is 0 Å². The number of aromatic nitrogens is 2. The van der Waals surface area contributed by atoms with Crippen LogP contribution in [0, 0.1) is 0 Å². The van der Waals surface area contributed by atoms with Gasteiger partial charge in [-0.3, -0.25) is 10.2 Å². The number of anilines is 1. The molecule has 0 atom stereocenters. The normalized spacial score (nSPS) is 10.0. The molecule has 1 amide bonds. The molecule has 17 heavy (non-hydrogen) atoms. The summed E-state index contributed by atoms with van der Waals surface area (Å²) in [5.74, 6) is 0.158. The molecule has 0 bridgehead atoms. The lowest BCUT2D eigenvalue weighted by molar-refractivity contribution is -0.118. The largest absolute Gasteiger partial charge is 0.340 e. The molecule has 1 aromatic heterocycles. The first-order valence-corrected chi connectivity index (χ1v) is 5.15. The highest BCUT2D eigenvalue weighted by Crippen LogP contribution is 2.19. The van der Waals surface area contributed by atoms with Crippen molar-refractivity contribution in [1.82, 2.24) is 15.6 Å². The number of hydrazine groups is 1. The fraction of sp³-hybridized carbons (Fsp3) is 0.100. The van der Waals surface area contributed by atoms with Gasteiger partial charge in [0, 0.05) is 17.5 Å². The molecule has 0 saturated carbocycles. The third kappa shape index (κ3) is 2.94. The van der Waals surface area contributed by atoms with Gasteiger partial charge in [-0.05, 0) is 24.3 Å². The summed E-state index contributed by atoms with van der Waals surface area (Å²) >= 11 is 5.76. The van der Waals surface area contributed by atoms with Crippen molar-refractivity contribution in [2.24, 2.45) is 0 Å². The van der Waals surface area contributed by atoms with E-state index in [9.17, 15) is 4.79 Å². The fourth-order valence-corrected chi connectivity index (χ4v) is 1.26. The maximum Gasteiger partial charge on any atom is 0.340 e. The van der Waals surface area contributed by atoms with Crippen molar-refractivity contribution in [3.63, 3.8) is 0 Å². The highest BCUT2D eigenvalue weighted by Gasteiger charge is 2.07. The minimum Gasteiger partial charge on any atom is -0.313 e. The van der Waals surface area contributed by atoms with Gasteiger partial charge in [0.05, 0.1) is 0 Å². The predicted octanol–water partition coefficient (Wildman–Crippen LogP) is 1.85. The molecule has 0 fully saturated rings. The van der Waals surface area contributed by atoms with Crippen molar-refractivity contribution < 1.29 is 9.32 Å². The Morgan fingerprint density at radius 3 is 2.71 bits per heavy atom. The lowest BCUT2D eigenvalue weighted by atomic mass is 10.2. The molecule has 1 heterocycles. The summed E-state index contributed by atoms with van der Waals surface area (Å²) < 4.78 is 4.88. The van der Waals surface area contributed by atoms with Crippen LogP contribution >= 0.6 is 11.6 Å². The number of carbonyl (C=O) groups is 1. The Hall–Kier alpha value is -2.08. The molecule has 0 aliphatic carbocycles. The summed E-state index contributed by atoms with van der Waals surface area (Å²) in [5, 5.41) is 4.38. The zero-order valence-corrected chi connectivity index (χ0v) is 9.65. The molecule has 6 nitrogen and oxygen atoms in total. The molecule has 7 heteroatoms. The van der Waals surface area contributed by atoms with Crippen molar-refractivity contribution in [3.8, 4) is 11.4 Å². The second kappa shape index (κ2) is 4.84. The van der Waals surface area contributed by atoms with E-state index in [-0.39, 0.29) is 11.9 Å². The minimum absolute atomic E-state index is 0.116. The van der Waals surface area contributed by atoms with Crippen LogP contribution in [0.15, 0.2) is 28.8 Å². The van der Waals surface area contributed by atoms with Gasteiger partial charge in [0.25, 0.3) is 0 Å². The van der Waals surface area contributed by atoms with Gasteiger partial charge < -0.3 is 4.52 Å². The van der Waals surface area contributed by atoms with Crippen LogP contribution in [0.2, 0.25) is 5.02 Å². The van der Waals surface area contributed by atoms with Gasteiger partial charge in [-0.2, -0.15) is 4.98 Å². The zero-order chi connectivity index (χ0) is 12.3. The van der Waals surface area contributed by atoms with Crippen molar-refractivity contribution in [1.29, 1.82) is 0 Å². The van der Waals surface area contributed by atoms with E-state index in [4.69, 9.17) is 16.1 Å². The van der Waals surface area contributed by atoms with Gasteiger partial charge in [0.2, 0.25) is 11.7 Å². The third-order valence-electron chi connectivity index (χ3n) is 1.87. The molecule has 2 aromatic rings. The summed E-state index contributed by atoms with van der Waals surface area (Å²) in [5.41, 5.74) is 5.58. The van der Waals surface area contributed by atoms with Crippen LogP contribution in [-0.2, 0) is 4.79 Å². The van der Waals surface area contributed by atoms with Crippen LogP contribution in [-0.4, -0.2) is 16.0 Å². The molecule has 0 saturated heterocycles. The Kier molecular flexibility index (Phi) is 3.24. The number of carbonyl (C=O) groups excluding carboxylic acids is 1. The van der Waals surface area contributed by atoms with Crippen molar-refractivity contribution in [3.05, 3.63) is 29.3 Å². The second-order valence-corrected chi connectivity index (χ2v) is 3.67. The quantitative estimate of drug-likeness (QED) is 0.815. The van der Waals surface area contributed by atoms with Gasteiger partial charge >= 0.3 is 6.01 Å². The first-order chi connectivity index (χ1) is 8.15. The van der Waals surface area contributed by atoms with E-state index in [0.717, 1.165) is 5.56 Å². The Balaban J connectivity index is 2.12. The first kappa shape index (κ1) is 11.4. The lowest BCUT2D eigenvalue weighted by Crippen LogP contribution is -2.26. The monoisotopic (exact) mass is 252 g/mol. The topological polar surface area (TPSA) is 80.0 Å². The number of nitrogens with one attached hydrogen (secondary N) is 2. The Bertz CT molecular complexity index is 523. The first-order valence-electron chi connectivity index (χ1n) is 4.77. The third-order valence-corrected chi connectivity index (χ3v) is 2.13. The van der Waals surface area contributed by atoms with E-state index in [0.29, 0.717) is 10.8 Å². The number of hydrogen-bond acceptors (Lipinski definition) is 5. The van der Waals surface area contributed by atoms with E-state index in [1.807, 2.05) is 0 Å². The number of amides is 1. The molecule has 1 aromatic carbocycles. The van der Waals surface area contributed by atoms with Crippen LogP contribution in [0.5, 0.6) is 0 Å². The maximum absolute atomic E-state index is 10.7. The molecular weight excluding hydrogens is 244 g/mol. The SMILES string of the molecule is CC(=O)NNc1nc(-c2ccc(Cl)cc2)no1. The number of rotatable bonds is 3. The number of nitrogens with zero attached hydrogens (tertiary/aromatic N) is 2. The highest BCUT2D eigenvalue weighted by molar-refractivity contribution is 6.30. The van der Waals surface area contributed by atoms with Crippen molar-refractivity contribution >= 4 is 23.5 Å². The summed E-state index contributed by atoms with van der Waals surface area (Å²) in [6.07, 6.45) is 0. The smallest absolute Gasteiger partial charge is 0.313 e. The molecule has 88 valence electrons. The highest BCUT2D eigenvalue weighted by atomic mass is 35.5. The van der Waals surface area contributed by atoms with Gasteiger partial charge in [0.15, 0.2) is 0 Å². The average Bonchev–Trinajstić information content (AvgIpc) is 2.76. The molecule has 0 spiro atoms. The van der Waals surface area contributed by atoms with E-state index < -0.39 is 0 Å². The molecule has 0 unspecified atom stereocenters. The van der Waals surface area contributed by atoms with Crippen molar-refractivity contribution in [2.75, 3.05) is 5.43 Å². The molecule has 2 N–H and O–H groups in total. The number of halogens is 1. The molecule has 0 aliphatic heterocycles. The second-order valence-electron chi connectivity index (χ2n) is 3.24. The van der Waals surface area contributed by atoms with E-state index in [1.54, 1.807) is 24.3 Å². The molecular formula is C10H9ClN4O2. The molecule has 0 radical (unpaired) electrons. The maximum atomic E-state index is 10.7. The average molecular weight is 253 g/mol. The summed E-state index contributed by atoms with van der Waals surface area (Å²) in [7, 11) is 0. The van der Waals surface area contributed by atoms with Crippen LogP contribution in [0.1, 0.15) is 6.92 Å². The van der Waals surface area contributed by atoms with Crippen LogP contribution < -0.4 is 10.9 Å². The Morgan fingerprint density at radius 2 is 2.06 bits per heavy atom. The van der Waals surface area contributed by atoms with Gasteiger partial charge in [-0.25, -0.2) is 5.43 Å². The fourth-order valence-electron chi connectivity index (χ4n) is 1.13. The minimum atomic E-state index is -0.253. The molecule has 0 aliphatic rings. The van der Waals surface area contributed by atoms with E-state index in [2.05, 4.69) is 21.0 Å². The zero-order valence-electron chi connectivity index (χ0n) is 8.90. The lowest BCUT2D eigenvalue weighted by Gasteiger charge is -1.98. The van der Waals surface area contributed by atoms with E-state index >= 15 is 0 Å².